The third-order valence-electron chi connectivity index (χ3n) is 1.58. The second-order valence-electron chi connectivity index (χ2n) is 2.41. The van der Waals surface area contributed by atoms with Gasteiger partial charge in [0, 0.05) is 17.3 Å². The molecule has 78 valence electrons. The summed E-state index contributed by atoms with van der Waals surface area (Å²) < 4.78 is 5.05. The topological polar surface area (TPSA) is 122 Å². The lowest BCUT2D eigenvalue weighted by atomic mass is 10.1. The zero-order valence-corrected chi connectivity index (χ0v) is 7.87. The molecule has 0 amide bonds. The molecule has 0 bridgehead atoms. The summed E-state index contributed by atoms with van der Waals surface area (Å²) in [5, 5.41) is 8.47. The molecular weight excluding hydrogens is 184 g/mol. The Hall–Kier alpha value is -1.77. The van der Waals surface area contributed by atoms with Crippen LogP contribution in [0.5, 0.6) is 5.75 Å². The van der Waals surface area contributed by atoms with E-state index in [1.165, 1.54) is 0 Å². The van der Waals surface area contributed by atoms with Gasteiger partial charge in [-0.3, -0.25) is 0 Å². The molecule has 0 unspecified atom stereocenters. The number of methoxy groups -OCH3 is 1. The van der Waals surface area contributed by atoms with Crippen molar-refractivity contribution in [3.8, 4) is 11.8 Å². The number of nitrogens with zero attached hydrogens (tertiary/aromatic N) is 1. The van der Waals surface area contributed by atoms with E-state index in [-0.39, 0.29) is 11.0 Å². The molecule has 0 fully saturated rings. The molecule has 0 aliphatic rings. The van der Waals surface area contributed by atoms with Gasteiger partial charge in [0.2, 0.25) is 0 Å². The first-order valence-electron chi connectivity index (χ1n) is 3.57. The van der Waals surface area contributed by atoms with Gasteiger partial charge in [0.15, 0.2) is 0 Å². The Labute approximate surface area is 82.3 Å². The summed E-state index contributed by atoms with van der Waals surface area (Å²) in [5.41, 5.74) is 7.05. The van der Waals surface area contributed by atoms with E-state index in [1.807, 2.05) is 0 Å². The van der Waals surface area contributed by atoms with E-state index in [1.54, 1.807) is 25.3 Å². The highest BCUT2D eigenvalue weighted by atomic mass is 16.5. The monoisotopic (exact) mass is 198 g/mol. The highest BCUT2D eigenvalue weighted by Crippen LogP contribution is 2.21. The molecule has 0 aromatic heterocycles. The van der Waals surface area contributed by atoms with Crippen LogP contribution in [0.15, 0.2) is 18.2 Å². The van der Waals surface area contributed by atoms with E-state index in [4.69, 9.17) is 15.7 Å². The molecule has 0 aliphatic carbocycles. The van der Waals surface area contributed by atoms with Crippen LogP contribution >= 0.6 is 0 Å². The number of ether oxygens (including phenoxy) is 1. The lowest BCUT2D eigenvalue weighted by Crippen LogP contribution is -1.93. The molecule has 1 rings (SSSR count). The molecule has 0 heterocycles. The van der Waals surface area contributed by atoms with Gasteiger partial charge < -0.3 is 21.4 Å². The molecule has 0 atom stereocenters. The Bertz CT molecular complexity index is 320. The summed E-state index contributed by atoms with van der Waals surface area (Å²) in [6.07, 6.45) is 0.351. The molecule has 1 aromatic carbocycles. The van der Waals surface area contributed by atoms with Gasteiger partial charge in [-0.1, -0.05) is 6.07 Å². The van der Waals surface area contributed by atoms with Crippen molar-refractivity contribution in [2.24, 2.45) is 0 Å². The molecule has 0 aliphatic heterocycles. The van der Waals surface area contributed by atoms with Crippen LogP contribution in [0.2, 0.25) is 0 Å². The Morgan fingerprint density at radius 2 is 2.07 bits per heavy atom. The number of nitriles is 1. The molecule has 0 saturated heterocycles. The fraction of sp³-hybridized carbons (Fsp3) is 0.222. The highest BCUT2D eigenvalue weighted by molar-refractivity contribution is 5.49. The SMILES string of the molecule is COc1cc(N)ccc1CC#N.O.O. The summed E-state index contributed by atoms with van der Waals surface area (Å²) in [7, 11) is 1.57. The molecular formula is C9H14N2O3. The zero-order chi connectivity index (χ0) is 8.97. The number of anilines is 1. The van der Waals surface area contributed by atoms with Crippen LogP contribution in [0.4, 0.5) is 5.69 Å². The molecule has 5 heteroatoms. The van der Waals surface area contributed by atoms with Gasteiger partial charge in [-0.2, -0.15) is 5.26 Å². The van der Waals surface area contributed by atoms with E-state index in [9.17, 15) is 0 Å². The fourth-order valence-electron chi connectivity index (χ4n) is 0.992. The third kappa shape index (κ3) is 3.31. The quantitative estimate of drug-likeness (QED) is 0.656. The Morgan fingerprint density at radius 1 is 1.43 bits per heavy atom. The van der Waals surface area contributed by atoms with E-state index in [2.05, 4.69) is 6.07 Å². The summed E-state index contributed by atoms with van der Waals surface area (Å²) in [6.45, 7) is 0. The number of benzene rings is 1. The van der Waals surface area contributed by atoms with Crippen molar-refractivity contribution >= 4 is 5.69 Å². The van der Waals surface area contributed by atoms with Crippen LogP contribution in [0, 0.1) is 11.3 Å². The molecule has 1 aromatic rings. The molecule has 0 spiro atoms. The normalized spacial score (nSPS) is 7.71. The standard InChI is InChI=1S/C9H10N2O.2H2O/c1-12-9-6-8(11)3-2-7(9)4-5-10;;/h2-3,6H,4,11H2,1H3;2*1H2. The van der Waals surface area contributed by atoms with Crippen LogP contribution in [0.3, 0.4) is 0 Å². The van der Waals surface area contributed by atoms with Gasteiger partial charge in [0.05, 0.1) is 19.6 Å². The van der Waals surface area contributed by atoms with Gasteiger partial charge in [-0.25, -0.2) is 0 Å². The van der Waals surface area contributed by atoms with Crippen molar-refractivity contribution in [2.75, 3.05) is 12.8 Å². The first-order chi connectivity index (χ1) is 5.77. The largest absolute Gasteiger partial charge is 0.496 e. The number of nitrogen functional groups attached to an aromatic ring is 1. The number of hydrogen-bond donors (Lipinski definition) is 1. The minimum absolute atomic E-state index is 0. The van der Waals surface area contributed by atoms with Crippen molar-refractivity contribution in [3.05, 3.63) is 23.8 Å². The van der Waals surface area contributed by atoms with Crippen LogP contribution in [-0.2, 0) is 6.42 Å². The average molecular weight is 198 g/mol. The van der Waals surface area contributed by atoms with Crippen molar-refractivity contribution in [1.82, 2.24) is 0 Å². The second kappa shape index (κ2) is 6.71. The first kappa shape index (κ1) is 14.7. The second-order valence-corrected chi connectivity index (χ2v) is 2.41. The maximum Gasteiger partial charge on any atom is 0.125 e. The van der Waals surface area contributed by atoms with Crippen LogP contribution < -0.4 is 10.5 Å². The molecule has 5 nitrogen and oxygen atoms in total. The summed E-state index contributed by atoms with van der Waals surface area (Å²) >= 11 is 0. The minimum Gasteiger partial charge on any atom is -0.496 e. The highest BCUT2D eigenvalue weighted by Gasteiger charge is 2.01. The molecule has 14 heavy (non-hydrogen) atoms. The average Bonchev–Trinajstić information content (AvgIpc) is 2.08. The van der Waals surface area contributed by atoms with E-state index < -0.39 is 0 Å². The summed E-state index contributed by atoms with van der Waals surface area (Å²) in [4.78, 5) is 0. The van der Waals surface area contributed by atoms with Crippen molar-refractivity contribution in [1.29, 1.82) is 5.26 Å². The fourth-order valence-corrected chi connectivity index (χ4v) is 0.992. The van der Waals surface area contributed by atoms with Crippen LogP contribution in [0.25, 0.3) is 0 Å². The van der Waals surface area contributed by atoms with Crippen molar-refractivity contribution < 1.29 is 15.7 Å². The van der Waals surface area contributed by atoms with Gasteiger partial charge in [0.25, 0.3) is 0 Å². The van der Waals surface area contributed by atoms with Crippen LogP contribution in [0.1, 0.15) is 5.56 Å². The van der Waals surface area contributed by atoms with Crippen molar-refractivity contribution in [3.63, 3.8) is 0 Å². The minimum atomic E-state index is 0. The van der Waals surface area contributed by atoms with Gasteiger partial charge in [-0.15, -0.1) is 0 Å². The number of nitrogens with two attached hydrogens (primary N) is 1. The van der Waals surface area contributed by atoms with Gasteiger partial charge in [-0.05, 0) is 6.07 Å². The van der Waals surface area contributed by atoms with Crippen molar-refractivity contribution in [2.45, 2.75) is 6.42 Å². The Kier molecular flexibility index (Phi) is 7.07. The lowest BCUT2D eigenvalue weighted by Gasteiger charge is -2.05. The molecule has 6 N–H and O–H groups in total. The summed E-state index contributed by atoms with van der Waals surface area (Å²) in [6, 6.07) is 7.33. The predicted molar refractivity (Wildman–Crippen MR) is 54.0 cm³/mol. The molecule has 0 radical (unpaired) electrons. The summed E-state index contributed by atoms with van der Waals surface area (Å²) in [5.74, 6) is 0.677. The predicted octanol–water partition coefficient (Wildman–Crippen LogP) is -0.306. The maximum absolute atomic E-state index is 8.47. The smallest absolute Gasteiger partial charge is 0.125 e. The number of hydrogen-bond acceptors (Lipinski definition) is 3. The third-order valence-corrected chi connectivity index (χ3v) is 1.58. The lowest BCUT2D eigenvalue weighted by molar-refractivity contribution is 0.411. The van der Waals surface area contributed by atoms with Crippen LogP contribution in [-0.4, -0.2) is 18.1 Å². The van der Waals surface area contributed by atoms with E-state index in [0.29, 0.717) is 17.9 Å². The first-order valence-corrected chi connectivity index (χ1v) is 3.57. The Morgan fingerprint density at radius 3 is 2.57 bits per heavy atom. The van der Waals surface area contributed by atoms with Gasteiger partial charge >= 0.3 is 0 Å². The van der Waals surface area contributed by atoms with E-state index >= 15 is 0 Å². The van der Waals surface area contributed by atoms with E-state index in [0.717, 1.165) is 5.56 Å². The van der Waals surface area contributed by atoms with Gasteiger partial charge in [0.1, 0.15) is 5.75 Å². The molecule has 0 saturated carbocycles. The maximum atomic E-state index is 8.47. The Balaban J connectivity index is 0. The zero-order valence-electron chi connectivity index (χ0n) is 7.87. The number of rotatable bonds is 2.